The van der Waals surface area contributed by atoms with Crippen molar-refractivity contribution in [2.75, 3.05) is 0 Å². The molecular weight excluding hydrogens is 221 g/mol. The van der Waals surface area contributed by atoms with Crippen LogP contribution in [0.3, 0.4) is 0 Å². The molecule has 0 aromatic heterocycles. The van der Waals surface area contributed by atoms with E-state index in [0.717, 1.165) is 24.0 Å². The summed E-state index contributed by atoms with van der Waals surface area (Å²) in [5, 5.41) is 0. The van der Waals surface area contributed by atoms with E-state index in [1.807, 2.05) is 0 Å². The number of hydrogen-bond acceptors (Lipinski definition) is 1. The summed E-state index contributed by atoms with van der Waals surface area (Å²) in [7, 11) is 0. The number of hydrogen-bond donors (Lipinski definition) is 1. The van der Waals surface area contributed by atoms with Crippen LogP contribution in [0.4, 0.5) is 4.39 Å². The summed E-state index contributed by atoms with van der Waals surface area (Å²) in [6.07, 6.45) is 1.81. The number of nitrogens with two attached hydrogens (primary N) is 1. The van der Waals surface area contributed by atoms with Gasteiger partial charge in [0.15, 0.2) is 0 Å². The van der Waals surface area contributed by atoms with Crippen LogP contribution < -0.4 is 5.73 Å². The van der Waals surface area contributed by atoms with E-state index in [0.29, 0.717) is 4.47 Å². The Kier molecular flexibility index (Phi) is 1.93. The van der Waals surface area contributed by atoms with Crippen LogP contribution in [0.1, 0.15) is 23.6 Å². The standard InChI is InChI=1S/C9H9BrFN/c10-9-6-2-4-8(12)5(6)1-3-7(9)11/h1,3,8H,2,4,12H2. The molecule has 1 aliphatic carbocycles. The van der Waals surface area contributed by atoms with E-state index >= 15 is 0 Å². The maximum absolute atomic E-state index is 13.0. The van der Waals surface area contributed by atoms with E-state index in [4.69, 9.17) is 5.73 Å². The number of halogens is 2. The first kappa shape index (κ1) is 8.20. The van der Waals surface area contributed by atoms with Crippen molar-refractivity contribution in [1.82, 2.24) is 0 Å². The van der Waals surface area contributed by atoms with Gasteiger partial charge < -0.3 is 5.73 Å². The first-order valence-electron chi connectivity index (χ1n) is 3.92. The van der Waals surface area contributed by atoms with Gasteiger partial charge in [0.05, 0.1) is 4.47 Å². The van der Waals surface area contributed by atoms with Gasteiger partial charge >= 0.3 is 0 Å². The van der Waals surface area contributed by atoms with Gasteiger partial charge in [0.2, 0.25) is 0 Å². The van der Waals surface area contributed by atoms with Crippen LogP contribution in [-0.2, 0) is 6.42 Å². The van der Waals surface area contributed by atoms with Gasteiger partial charge in [-0.05, 0) is 46.0 Å². The maximum atomic E-state index is 13.0. The van der Waals surface area contributed by atoms with E-state index in [-0.39, 0.29) is 11.9 Å². The lowest BCUT2D eigenvalue weighted by molar-refractivity contribution is 0.618. The third-order valence-corrected chi connectivity index (χ3v) is 3.19. The highest BCUT2D eigenvalue weighted by Crippen LogP contribution is 2.35. The molecule has 0 heterocycles. The fourth-order valence-electron chi connectivity index (χ4n) is 1.66. The summed E-state index contributed by atoms with van der Waals surface area (Å²) in [5.41, 5.74) is 7.95. The molecule has 1 aliphatic rings. The number of fused-ring (bicyclic) bond motifs is 1. The van der Waals surface area contributed by atoms with E-state index in [9.17, 15) is 4.39 Å². The molecule has 3 heteroatoms. The second-order valence-electron chi connectivity index (χ2n) is 3.07. The Morgan fingerprint density at radius 3 is 3.00 bits per heavy atom. The molecule has 12 heavy (non-hydrogen) atoms. The van der Waals surface area contributed by atoms with Gasteiger partial charge in [-0.2, -0.15) is 0 Å². The molecule has 1 aromatic carbocycles. The third-order valence-electron chi connectivity index (χ3n) is 2.34. The van der Waals surface area contributed by atoms with Crippen molar-refractivity contribution in [1.29, 1.82) is 0 Å². The van der Waals surface area contributed by atoms with Gasteiger partial charge in [-0.15, -0.1) is 0 Å². The average Bonchev–Trinajstić information content (AvgIpc) is 2.41. The fourth-order valence-corrected chi connectivity index (χ4v) is 2.22. The van der Waals surface area contributed by atoms with Crippen molar-refractivity contribution in [3.8, 4) is 0 Å². The molecule has 2 rings (SSSR count). The quantitative estimate of drug-likeness (QED) is 0.728. The molecule has 0 saturated heterocycles. The van der Waals surface area contributed by atoms with Gasteiger partial charge in [0.1, 0.15) is 5.82 Å². The lowest BCUT2D eigenvalue weighted by atomic mass is 10.1. The van der Waals surface area contributed by atoms with Gasteiger partial charge in [0, 0.05) is 6.04 Å². The van der Waals surface area contributed by atoms with Crippen LogP contribution in [0.15, 0.2) is 16.6 Å². The van der Waals surface area contributed by atoms with Crippen LogP contribution >= 0.6 is 15.9 Å². The fraction of sp³-hybridized carbons (Fsp3) is 0.333. The van der Waals surface area contributed by atoms with Crippen LogP contribution in [0.2, 0.25) is 0 Å². The van der Waals surface area contributed by atoms with Crippen LogP contribution in [0, 0.1) is 5.82 Å². The molecule has 0 bridgehead atoms. The summed E-state index contributed by atoms with van der Waals surface area (Å²) in [6.45, 7) is 0. The molecule has 0 spiro atoms. The third kappa shape index (κ3) is 1.08. The normalized spacial score (nSPS) is 21.1. The predicted molar refractivity (Wildman–Crippen MR) is 49.3 cm³/mol. The van der Waals surface area contributed by atoms with Gasteiger partial charge in [-0.25, -0.2) is 4.39 Å². The van der Waals surface area contributed by atoms with E-state index in [2.05, 4.69) is 15.9 Å². The first-order chi connectivity index (χ1) is 5.70. The highest BCUT2D eigenvalue weighted by Gasteiger charge is 2.22. The predicted octanol–water partition coefficient (Wildman–Crippen LogP) is 2.53. The molecule has 1 atom stereocenters. The minimum absolute atomic E-state index is 0.0944. The Bertz CT molecular complexity index is 325. The summed E-state index contributed by atoms with van der Waals surface area (Å²) in [6, 6.07) is 3.35. The number of rotatable bonds is 0. The summed E-state index contributed by atoms with van der Waals surface area (Å²) >= 11 is 3.23. The van der Waals surface area contributed by atoms with Gasteiger partial charge in [-0.3, -0.25) is 0 Å². The van der Waals surface area contributed by atoms with E-state index in [1.54, 1.807) is 6.07 Å². The Balaban J connectivity index is 2.60. The lowest BCUT2D eigenvalue weighted by Gasteiger charge is -2.05. The molecule has 1 nitrogen and oxygen atoms in total. The molecule has 0 fully saturated rings. The average molecular weight is 230 g/mol. The second kappa shape index (κ2) is 2.82. The molecule has 1 aromatic rings. The monoisotopic (exact) mass is 229 g/mol. The molecule has 0 saturated carbocycles. The molecule has 0 radical (unpaired) electrons. The zero-order valence-electron chi connectivity index (χ0n) is 6.48. The Hall–Kier alpha value is -0.410. The van der Waals surface area contributed by atoms with Crippen molar-refractivity contribution < 1.29 is 4.39 Å². The van der Waals surface area contributed by atoms with Crippen molar-refractivity contribution >= 4 is 15.9 Å². The maximum Gasteiger partial charge on any atom is 0.137 e. The molecular formula is C9H9BrFN. The van der Waals surface area contributed by atoms with Crippen molar-refractivity contribution in [2.45, 2.75) is 18.9 Å². The molecule has 64 valence electrons. The zero-order valence-corrected chi connectivity index (χ0v) is 8.07. The minimum Gasteiger partial charge on any atom is -0.324 e. The summed E-state index contributed by atoms with van der Waals surface area (Å²) in [4.78, 5) is 0. The van der Waals surface area contributed by atoms with Crippen LogP contribution in [0.25, 0.3) is 0 Å². The molecule has 0 aliphatic heterocycles. The highest BCUT2D eigenvalue weighted by atomic mass is 79.9. The number of benzene rings is 1. The molecule has 2 N–H and O–H groups in total. The smallest absolute Gasteiger partial charge is 0.137 e. The van der Waals surface area contributed by atoms with Crippen LogP contribution in [-0.4, -0.2) is 0 Å². The van der Waals surface area contributed by atoms with Crippen molar-refractivity contribution in [2.24, 2.45) is 5.73 Å². The topological polar surface area (TPSA) is 26.0 Å². The SMILES string of the molecule is NC1CCc2c1ccc(F)c2Br. The Labute approximate surface area is 78.9 Å². The Morgan fingerprint density at radius 2 is 2.25 bits per heavy atom. The molecule has 0 amide bonds. The van der Waals surface area contributed by atoms with Crippen LogP contribution in [0.5, 0.6) is 0 Å². The zero-order chi connectivity index (χ0) is 8.72. The summed E-state index contributed by atoms with van der Waals surface area (Å²) < 4.78 is 13.6. The minimum atomic E-state index is -0.192. The van der Waals surface area contributed by atoms with Gasteiger partial charge in [0.25, 0.3) is 0 Å². The largest absolute Gasteiger partial charge is 0.324 e. The van der Waals surface area contributed by atoms with Gasteiger partial charge in [-0.1, -0.05) is 6.07 Å². The van der Waals surface area contributed by atoms with E-state index < -0.39 is 0 Å². The van der Waals surface area contributed by atoms with E-state index in [1.165, 1.54) is 6.07 Å². The summed E-state index contributed by atoms with van der Waals surface area (Å²) in [5.74, 6) is -0.192. The van der Waals surface area contributed by atoms with Crippen molar-refractivity contribution in [3.63, 3.8) is 0 Å². The van der Waals surface area contributed by atoms with Crippen molar-refractivity contribution in [3.05, 3.63) is 33.5 Å². The first-order valence-corrected chi connectivity index (χ1v) is 4.72. The second-order valence-corrected chi connectivity index (χ2v) is 3.87. The lowest BCUT2D eigenvalue weighted by Crippen LogP contribution is -2.05. The Morgan fingerprint density at radius 1 is 1.50 bits per heavy atom. The molecule has 1 unspecified atom stereocenters. The highest BCUT2D eigenvalue weighted by molar-refractivity contribution is 9.10.